The summed E-state index contributed by atoms with van der Waals surface area (Å²) in [6.45, 7) is 1.69. The molecule has 2 aromatic carbocycles. The number of hydrogen-bond donors (Lipinski definition) is 0. The Labute approximate surface area is 162 Å². The van der Waals surface area contributed by atoms with E-state index in [1.165, 1.54) is 15.3 Å². The molecule has 1 aromatic heterocycles. The van der Waals surface area contributed by atoms with Gasteiger partial charge in [0, 0.05) is 24.8 Å². The third kappa shape index (κ3) is 4.10. The van der Waals surface area contributed by atoms with Gasteiger partial charge in [0.1, 0.15) is 0 Å². The van der Waals surface area contributed by atoms with Gasteiger partial charge in [-0.05, 0) is 30.5 Å². The molecule has 1 fully saturated rings. The van der Waals surface area contributed by atoms with Gasteiger partial charge in [-0.25, -0.2) is 4.98 Å². The van der Waals surface area contributed by atoms with E-state index in [-0.39, 0.29) is 5.91 Å². The summed E-state index contributed by atoms with van der Waals surface area (Å²) in [7, 11) is 0. The molecule has 0 bridgehead atoms. The van der Waals surface area contributed by atoms with Gasteiger partial charge in [-0.1, -0.05) is 42.5 Å². The SMILES string of the molecule is O=C(CSCc1ccccc1)N1CCC[C@H](c2nc3ccccc3s2)C1. The Hall–Kier alpha value is -1.85. The zero-order valence-corrected chi connectivity index (χ0v) is 16.3. The Bertz CT molecular complexity index is 845. The van der Waals surface area contributed by atoms with Crippen LogP contribution in [-0.2, 0) is 10.5 Å². The molecule has 0 N–H and O–H groups in total. The van der Waals surface area contributed by atoms with Gasteiger partial charge in [-0.2, -0.15) is 0 Å². The highest BCUT2D eigenvalue weighted by molar-refractivity contribution is 7.99. The molecule has 2 heterocycles. The molecule has 3 nitrogen and oxygen atoms in total. The molecule has 3 aromatic rings. The molecule has 1 aliphatic rings. The normalized spacial score (nSPS) is 17.5. The summed E-state index contributed by atoms with van der Waals surface area (Å²) in [5, 5.41) is 1.18. The van der Waals surface area contributed by atoms with E-state index in [1.54, 1.807) is 23.1 Å². The number of nitrogens with zero attached hydrogens (tertiary/aromatic N) is 2. The van der Waals surface area contributed by atoms with Crippen LogP contribution >= 0.6 is 23.1 Å². The number of thioether (sulfide) groups is 1. The molecule has 1 atom stereocenters. The second kappa shape index (κ2) is 8.23. The lowest BCUT2D eigenvalue weighted by molar-refractivity contribution is -0.129. The van der Waals surface area contributed by atoms with E-state index in [2.05, 4.69) is 30.3 Å². The van der Waals surface area contributed by atoms with Crippen LogP contribution in [0.15, 0.2) is 54.6 Å². The van der Waals surface area contributed by atoms with Crippen LogP contribution in [0.4, 0.5) is 0 Å². The van der Waals surface area contributed by atoms with Crippen LogP contribution in [0, 0.1) is 0 Å². The van der Waals surface area contributed by atoms with E-state index in [0.717, 1.165) is 37.2 Å². The molecule has 1 amide bonds. The zero-order valence-electron chi connectivity index (χ0n) is 14.6. The highest BCUT2D eigenvalue weighted by Crippen LogP contribution is 2.33. The summed E-state index contributed by atoms with van der Waals surface area (Å²) >= 11 is 3.48. The molecule has 5 heteroatoms. The van der Waals surface area contributed by atoms with Gasteiger partial charge in [-0.15, -0.1) is 23.1 Å². The first kappa shape index (κ1) is 17.6. The Morgan fingerprint density at radius 2 is 1.96 bits per heavy atom. The predicted octanol–water partition coefficient (Wildman–Crippen LogP) is 4.94. The van der Waals surface area contributed by atoms with Gasteiger partial charge < -0.3 is 4.90 Å². The number of aromatic nitrogens is 1. The van der Waals surface area contributed by atoms with Gasteiger partial charge in [0.05, 0.1) is 21.0 Å². The largest absolute Gasteiger partial charge is 0.341 e. The van der Waals surface area contributed by atoms with Crippen LogP contribution in [0.3, 0.4) is 0 Å². The first-order chi connectivity index (χ1) is 12.8. The number of likely N-dealkylation sites (tertiary alicyclic amines) is 1. The van der Waals surface area contributed by atoms with E-state index >= 15 is 0 Å². The zero-order chi connectivity index (χ0) is 17.8. The summed E-state index contributed by atoms with van der Waals surface area (Å²) in [6.07, 6.45) is 2.19. The number of benzene rings is 2. The van der Waals surface area contributed by atoms with E-state index in [9.17, 15) is 4.79 Å². The Morgan fingerprint density at radius 1 is 1.15 bits per heavy atom. The van der Waals surface area contributed by atoms with Crippen molar-refractivity contribution in [2.45, 2.75) is 24.5 Å². The van der Waals surface area contributed by atoms with Crippen LogP contribution in [0.25, 0.3) is 10.2 Å². The monoisotopic (exact) mass is 382 g/mol. The number of rotatable bonds is 5. The molecule has 26 heavy (non-hydrogen) atoms. The lowest BCUT2D eigenvalue weighted by Gasteiger charge is -2.31. The maximum absolute atomic E-state index is 12.6. The van der Waals surface area contributed by atoms with E-state index < -0.39 is 0 Å². The third-order valence-corrected chi connectivity index (χ3v) is 6.96. The summed E-state index contributed by atoms with van der Waals surface area (Å²) in [5.74, 6) is 2.09. The lowest BCUT2D eigenvalue weighted by atomic mass is 9.99. The van der Waals surface area contributed by atoms with Crippen molar-refractivity contribution in [3.63, 3.8) is 0 Å². The molecule has 1 aliphatic heterocycles. The molecule has 1 saturated heterocycles. The number of carbonyl (C=O) groups excluding carboxylic acids is 1. The summed E-state index contributed by atoms with van der Waals surface area (Å²) < 4.78 is 1.24. The van der Waals surface area contributed by atoms with Crippen molar-refractivity contribution >= 4 is 39.2 Å². The molecule has 0 unspecified atom stereocenters. The molecule has 134 valence electrons. The first-order valence-electron chi connectivity index (χ1n) is 9.04. The Kier molecular flexibility index (Phi) is 5.56. The average Bonchev–Trinajstić information content (AvgIpc) is 3.13. The van der Waals surface area contributed by atoms with E-state index in [4.69, 9.17) is 4.98 Å². The number of para-hydroxylation sites is 1. The maximum Gasteiger partial charge on any atom is 0.232 e. The van der Waals surface area contributed by atoms with Crippen molar-refractivity contribution < 1.29 is 4.79 Å². The van der Waals surface area contributed by atoms with Gasteiger partial charge in [0.2, 0.25) is 5.91 Å². The number of carbonyl (C=O) groups is 1. The van der Waals surface area contributed by atoms with Crippen LogP contribution in [-0.4, -0.2) is 34.6 Å². The van der Waals surface area contributed by atoms with Crippen LogP contribution in [0.2, 0.25) is 0 Å². The number of hydrogen-bond acceptors (Lipinski definition) is 4. The van der Waals surface area contributed by atoms with Crippen molar-refractivity contribution in [1.82, 2.24) is 9.88 Å². The first-order valence-corrected chi connectivity index (χ1v) is 11.0. The van der Waals surface area contributed by atoms with E-state index in [0.29, 0.717) is 11.7 Å². The van der Waals surface area contributed by atoms with Gasteiger partial charge in [0.15, 0.2) is 0 Å². The fourth-order valence-corrected chi connectivity index (χ4v) is 5.37. The maximum atomic E-state index is 12.6. The van der Waals surface area contributed by atoms with Gasteiger partial charge in [-0.3, -0.25) is 4.79 Å². The Morgan fingerprint density at radius 3 is 2.81 bits per heavy atom. The fourth-order valence-electron chi connectivity index (χ4n) is 3.39. The average molecular weight is 383 g/mol. The summed E-state index contributed by atoms with van der Waals surface area (Å²) in [5.41, 5.74) is 2.35. The minimum atomic E-state index is 0.261. The van der Waals surface area contributed by atoms with Crippen molar-refractivity contribution in [3.8, 4) is 0 Å². The molecular formula is C21H22N2OS2. The molecule has 0 spiro atoms. The highest BCUT2D eigenvalue weighted by atomic mass is 32.2. The lowest BCUT2D eigenvalue weighted by Crippen LogP contribution is -2.40. The smallest absolute Gasteiger partial charge is 0.232 e. The molecule has 4 rings (SSSR count). The predicted molar refractivity (Wildman–Crippen MR) is 111 cm³/mol. The summed E-state index contributed by atoms with van der Waals surface area (Å²) in [4.78, 5) is 19.5. The Balaban J connectivity index is 1.34. The third-order valence-electron chi connectivity index (χ3n) is 4.77. The number of amides is 1. The molecule has 0 aliphatic carbocycles. The number of piperidine rings is 1. The topological polar surface area (TPSA) is 33.2 Å². The molecular weight excluding hydrogens is 360 g/mol. The van der Waals surface area contributed by atoms with Crippen molar-refractivity contribution in [2.75, 3.05) is 18.8 Å². The summed E-state index contributed by atoms with van der Waals surface area (Å²) in [6, 6.07) is 18.6. The van der Waals surface area contributed by atoms with Crippen molar-refractivity contribution in [1.29, 1.82) is 0 Å². The van der Waals surface area contributed by atoms with Gasteiger partial charge in [0.25, 0.3) is 0 Å². The molecule has 0 radical (unpaired) electrons. The fraction of sp³-hybridized carbons (Fsp3) is 0.333. The van der Waals surface area contributed by atoms with Crippen molar-refractivity contribution in [3.05, 3.63) is 65.2 Å². The van der Waals surface area contributed by atoms with Crippen LogP contribution in [0.1, 0.15) is 29.3 Å². The second-order valence-electron chi connectivity index (χ2n) is 6.68. The quantitative estimate of drug-likeness (QED) is 0.627. The standard InChI is InChI=1S/C21H22N2OS2/c24-20(15-25-14-16-7-2-1-3-8-16)23-12-6-9-17(13-23)21-22-18-10-4-5-11-19(18)26-21/h1-5,7-8,10-11,17H,6,9,12-15H2/t17-/m0/s1. The molecule has 0 saturated carbocycles. The van der Waals surface area contributed by atoms with Crippen LogP contribution < -0.4 is 0 Å². The van der Waals surface area contributed by atoms with Gasteiger partial charge >= 0.3 is 0 Å². The van der Waals surface area contributed by atoms with Crippen LogP contribution in [0.5, 0.6) is 0 Å². The second-order valence-corrected chi connectivity index (χ2v) is 8.72. The number of fused-ring (bicyclic) bond motifs is 1. The minimum Gasteiger partial charge on any atom is -0.341 e. The van der Waals surface area contributed by atoms with Crippen molar-refractivity contribution in [2.24, 2.45) is 0 Å². The minimum absolute atomic E-state index is 0.261. The van der Waals surface area contributed by atoms with E-state index in [1.807, 2.05) is 29.2 Å². The highest BCUT2D eigenvalue weighted by Gasteiger charge is 2.26. The number of thiazole rings is 1.